The molecule has 170 valence electrons. The third-order valence-electron chi connectivity index (χ3n) is 5.21. The van der Waals surface area contributed by atoms with Crippen LogP contribution in [0.5, 0.6) is 17.2 Å². The molecule has 1 amide bonds. The molecule has 1 heterocycles. The SMILES string of the molecule is CCN(Cc1ccc(OC)c(OC)c1)C(=O)CCn1c(-c2ccc(OC)cc2)n[nH]c1=S. The summed E-state index contributed by atoms with van der Waals surface area (Å²) in [5.41, 5.74) is 1.86. The molecule has 0 bridgehead atoms. The number of nitrogens with one attached hydrogen (secondary N) is 1. The lowest BCUT2D eigenvalue weighted by Crippen LogP contribution is -2.31. The quantitative estimate of drug-likeness (QED) is 0.463. The predicted molar refractivity (Wildman–Crippen MR) is 125 cm³/mol. The largest absolute Gasteiger partial charge is 0.497 e. The fourth-order valence-electron chi connectivity index (χ4n) is 3.43. The van der Waals surface area contributed by atoms with E-state index in [-0.39, 0.29) is 5.91 Å². The van der Waals surface area contributed by atoms with Gasteiger partial charge in [0.2, 0.25) is 5.91 Å². The molecule has 1 aromatic heterocycles. The summed E-state index contributed by atoms with van der Waals surface area (Å²) >= 11 is 5.39. The van der Waals surface area contributed by atoms with E-state index in [2.05, 4.69) is 10.2 Å². The predicted octanol–water partition coefficient (Wildman–Crippen LogP) is 4.07. The molecule has 0 aliphatic rings. The van der Waals surface area contributed by atoms with Crippen molar-refractivity contribution in [3.05, 3.63) is 52.8 Å². The Balaban J connectivity index is 1.70. The van der Waals surface area contributed by atoms with Gasteiger partial charge in [0.25, 0.3) is 0 Å². The number of carbonyl (C=O) groups is 1. The molecule has 3 aromatic rings. The molecule has 3 rings (SSSR count). The van der Waals surface area contributed by atoms with Crippen LogP contribution in [0.3, 0.4) is 0 Å². The van der Waals surface area contributed by atoms with Crippen LogP contribution in [0.15, 0.2) is 42.5 Å². The molecule has 0 unspecified atom stereocenters. The minimum atomic E-state index is 0.0334. The summed E-state index contributed by atoms with van der Waals surface area (Å²) in [6.07, 6.45) is 0.304. The van der Waals surface area contributed by atoms with Crippen molar-refractivity contribution in [2.75, 3.05) is 27.9 Å². The van der Waals surface area contributed by atoms with Crippen LogP contribution in [-0.2, 0) is 17.9 Å². The Morgan fingerprint density at radius 1 is 1.06 bits per heavy atom. The number of carbonyl (C=O) groups excluding carboxylic acids is 1. The van der Waals surface area contributed by atoms with Gasteiger partial charge in [0.05, 0.1) is 21.3 Å². The van der Waals surface area contributed by atoms with Gasteiger partial charge in [0.1, 0.15) is 5.75 Å². The van der Waals surface area contributed by atoms with Crippen LogP contribution >= 0.6 is 12.2 Å². The molecule has 0 atom stereocenters. The van der Waals surface area contributed by atoms with Crippen LogP contribution in [0.25, 0.3) is 11.4 Å². The van der Waals surface area contributed by atoms with Crippen LogP contribution in [0, 0.1) is 4.77 Å². The average molecular weight is 457 g/mol. The second-order valence-electron chi connectivity index (χ2n) is 7.08. The second kappa shape index (κ2) is 10.8. The van der Waals surface area contributed by atoms with Crippen molar-refractivity contribution in [2.45, 2.75) is 26.4 Å². The highest BCUT2D eigenvalue weighted by atomic mass is 32.1. The number of aromatic amines is 1. The molecule has 0 radical (unpaired) electrons. The fraction of sp³-hybridized carbons (Fsp3) is 0.348. The molecule has 1 N–H and O–H groups in total. The molecule has 0 saturated heterocycles. The normalized spacial score (nSPS) is 10.6. The molecule has 8 nitrogen and oxygen atoms in total. The van der Waals surface area contributed by atoms with Crippen molar-refractivity contribution in [1.29, 1.82) is 0 Å². The first kappa shape index (κ1) is 23.3. The van der Waals surface area contributed by atoms with E-state index in [9.17, 15) is 4.79 Å². The zero-order chi connectivity index (χ0) is 23.1. The van der Waals surface area contributed by atoms with Crippen LogP contribution in [0.4, 0.5) is 0 Å². The number of rotatable bonds is 10. The maximum absolute atomic E-state index is 13.0. The summed E-state index contributed by atoms with van der Waals surface area (Å²) in [5.74, 6) is 2.78. The van der Waals surface area contributed by atoms with Gasteiger partial charge in [-0.25, -0.2) is 0 Å². The number of hydrogen-bond acceptors (Lipinski definition) is 6. The zero-order valence-corrected chi connectivity index (χ0v) is 19.6. The first-order valence-electron chi connectivity index (χ1n) is 10.3. The van der Waals surface area contributed by atoms with Gasteiger partial charge < -0.3 is 19.1 Å². The van der Waals surface area contributed by atoms with Gasteiger partial charge in [-0.1, -0.05) is 6.07 Å². The number of ether oxygens (including phenoxy) is 3. The summed E-state index contributed by atoms with van der Waals surface area (Å²) < 4.78 is 18.2. The number of methoxy groups -OCH3 is 3. The highest BCUT2D eigenvalue weighted by Crippen LogP contribution is 2.28. The molecule has 9 heteroatoms. The average Bonchev–Trinajstić information content (AvgIpc) is 3.20. The van der Waals surface area contributed by atoms with Gasteiger partial charge in [-0.15, -0.1) is 0 Å². The van der Waals surface area contributed by atoms with Crippen molar-refractivity contribution < 1.29 is 19.0 Å². The van der Waals surface area contributed by atoms with Crippen molar-refractivity contribution in [2.24, 2.45) is 0 Å². The van der Waals surface area contributed by atoms with Gasteiger partial charge in [0, 0.05) is 31.6 Å². The van der Waals surface area contributed by atoms with E-state index in [1.807, 2.05) is 54.0 Å². The van der Waals surface area contributed by atoms with Gasteiger partial charge >= 0.3 is 0 Å². The number of H-pyrrole nitrogens is 1. The maximum Gasteiger partial charge on any atom is 0.224 e. The molecular weight excluding hydrogens is 428 g/mol. The number of amides is 1. The first-order valence-corrected chi connectivity index (χ1v) is 10.7. The van der Waals surface area contributed by atoms with Crippen LogP contribution < -0.4 is 14.2 Å². The van der Waals surface area contributed by atoms with Crippen LogP contribution in [-0.4, -0.2) is 53.4 Å². The molecular formula is C23H28N4O4S. The molecule has 0 aliphatic carbocycles. The Hall–Kier alpha value is -3.33. The van der Waals surface area contributed by atoms with E-state index in [1.54, 1.807) is 26.2 Å². The Kier molecular flexibility index (Phi) is 7.88. The van der Waals surface area contributed by atoms with Crippen LogP contribution in [0.2, 0.25) is 0 Å². The molecule has 0 fully saturated rings. The van der Waals surface area contributed by atoms with E-state index >= 15 is 0 Å². The van der Waals surface area contributed by atoms with E-state index in [4.69, 9.17) is 26.4 Å². The number of aromatic nitrogens is 3. The summed E-state index contributed by atoms with van der Waals surface area (Å²) in [4.78, 5) is 14.8. The minimum Gasteiger partial charge on any atom is -0.497 e. The van der Waals surface area contributed by atoms with Crippen molar-refractivity contribution >= 4 is 18.1 Å². The molecule has 0 saturated carbocycles. The Labute approximate surface area is 192 Å². The Morgan fingerprint density at radius 3 is 2.41 bits per heavy atom. The highest BCUT2D eigenvalue weighted by molar-refractivity contribution is 7.71. The lowest BCUT2D eigenvalue weighted by molar-refractivity contribution is -0.131. The van der Waals surface area contributed by atoms with E-state index in [0.717, 1.165) is 16.9 Å². The van der Waals surface area contributed by atoms with E-state index < -0.39 is 0 Å². The summed E-state index contributed by atoms with van der Waals surface area (Å²) in [5, 5.41) is 7.17. The molecule has 0 aliphatic heterocycles. The Bertz CT molecular complexity index is 1110. The summed E-state index contributed by atoms with van der Waals surface area (Å²) in [6.45, 7) is 3.47. The first-order chi connectivity index (χ1) is 15.5. The maximum atomic E-state index is 13.0. The Morgan fingerprint density at radius 2 is 1.78 bits per heavy atom. The third kappa shape index (κ3) is 5.28. The molecule has 32 heavy (non-hydrogen) atoms. The zero-order valence-electron chi connectivity index (χ0n) is 18.8. The van der Waals surface area contributed by atoms with E-state index in [0.29, 0.717) is 48.1 Å². The van der Waals surface area contributed by atoms with Crippen molar-refractivity contribution in [3.8, 4) is 28.6 Å². The lowest BCUT2D eigenvalue weighted by atomic mass is 10.1. The second-order valence-corrected chi connectivity index (χ2v) is 7.47. The van der Waals surface area contributed by atoms with Gasteiger partial charge in [-0.05, 0) is 61.1 Å². The standard InChI is InChI=1S/C23H28N4O4S/c1-5-26(15-16-6-11-19(30-3)20(14-16)31-4)21(28)12-13-27-22(24-25-23(27)32)17-7-9-18(29-2)10-8-17/h6-11,14H,5,12-13,15H2,1-4H3,(H,25,32). The van der Waals surface area contributed by atoms with Gasteiger partial charge in [-0.3, -0.25) is 14.5 Å². The van der Waals surface area contributed by atoms with Gasteiger partial charge in [0.15, 0.2) is 22.1 Å². The molecule has 2 aromatic carbocycles. The third-order valence-corrected chi connectivity index (χ3v) is 5.52. The summed E-state index contributed by atoms with van der Waals surface area (Å²) in [6, 6.07) is 13.2. The topological polar surface area (TPSA) is 81.6 Å². The molecule has 0 spiro atoms. The van der Waals surface area contributed by atoms with Crippen molar-refractivity contribution in [3.63, 3.8) is 0 Å². The number of benzene rings is 2. The minimum absolute atomic E-state index is 0.0334. The fourth-order valence-corrected chi connectivity index (χ4v) is 3.65. The lowest BCUT2D eigenvalue weighted by Gasteiger charge is -2.22. The van der Waals surface area contributed by atoms with E-state index in [1.165, 1.54) is 0 Å². The number of hydrogen-bond donors (Lipinski definition) is 1. The highest BCUT2D eigenvalue weighted by Gasteiger charge is 2.16. The monoisotopic (exact) mass is 456 g/mol. The summed E-state index contributed by atoms with van der Waals surface area (Å²) in [7, 11) is 4.82. The smallest absolute Gasteiger partial charge is 0.224 e. The number of nitrogens with zero attached hydrogens (tertiary/aromatic N) is 3. The van der Waals surface area contributed by atoms with Gasteiger partial charge in [-0.2, -0.15) is 5.10 Å². The van der Waals surface area contributed by atoms with Crippen LogP contribution in [0.1, 0.15) is 18.9 Å². The van der Waals surface area contributed by atoms with Crippen molar-refractivity contribution in [1.82, 2.24) is 19.7 Å².